The van der Waals surface area contributed by atoms with E-state index in [4.69, 9.17) is 5.73 Å². The summed E-state index contributed by atoms with van der Waals surface area (Å²) in [6.45, 7) is -0.254. The van der Waals surface area contributed by atoms with Crippen molar-refractivity contribution in [1.29, 1.82) is 0 Å². The monoisotopic (exact) mass is 354 g/mol. The van der Waals surface area contributed by atoms with Gasteiger partial charge in [-0.2, -0.15) is 0 Å². The van der Waals surface area contributed by atoms with Gasteiger partial charge in [0.05, 0.1) is 16.8 Å². The molecule has 1 aromatic carbocycles. The van der Waals surface area contributed by atoms with Crippen LogP contribution in [0.15, 0.2) is 18.2 Å². The summed E-state index contributed by atoms with van der Waals surface area (Å²) in [5.74, 6) is 0.152. The van der Waals surface area contributed by atoms with Crippen molar-refractivity contribution in [2.45, 2.75) is 43.8 Å². The number of hydrogen-bond donors (Lipinski definition) is 3. The molecule has 4 fully saturated rings. The van der Waals surface area contributed by atoms with Gasteiger partial charge in [-0.15, -0.1) is 0 Å². The maximum Gasteiger partial charge on any atom is 0.262 e. The number of nitrogens with zero attached hydrogens (tertiary/aromatic N) is 1. The SMILES string of the molecule is Nc1ccc2c(c1)C(=O)N(CC(=O)N[C@@]13C[C@@H]4C[C@@H](C[C@H](C4)N1)C3)C2=O. The molecular weight excluding hydrogens is 332 g/mol. The number of carbonyl (C=O) groups is 3. The van der Waals surface area contributed by atoms with Crippen molar-refractivity contribution in [3.8, 4) is 0 Å². The lowest BCUT2D eigenvalue weighted by Crippen LogP contribution is -2.71. The fraction of sp³-hybridized carbons (Fsp3) is 0.526. The zero-order valence-corrected chi connectivity index (χ0v) is 14.5. The molecule has 136 valence electrons. The molecule has 3 heterocycles. The average molecular weight is 354 g/mol. The van der Waals surface area contributed by atoms with Crippen molar-refractivity contribution in [2.75, 3.05) is 12.3 Å². The van der Waals surface area contributed by atoms with E-state index >= 15 is 0 Å². The Bertz CT molecular complexity index is 799. The Hall–Kier alpha value is -2.41. The number of nitrogens with one attached hydrogen (secondary N) is 2. The van der Waals surface area contributed by atoms with Crippen molar-refractivity contribution >= 4 is 23.4 Å². The Morgan fingerprint density at radius 3 is 2.54 bits per heavy atom. The van der Waals surface area contributed by atoms with Gasteiger partial charge in [0, 0.05) is 11.7 Å². The van der Waals surface area contributed by atoms with E-state index in [-0.39, 0.29) is 23.7 Å². The lowest BCUT2D eigenvalue weighted by Gasteiger charge is -2.57. The summed E-state index contributed by atoms with van der Waals surface area (Å²) >= 11 is 0. The number of benzene rings is 1. The first-order valence-electron chi connectivity index (χ1n) is 9.27. The summed E-state index contributed by atoms with van der Waals surface area (Å²) in [5, 5.41) is 6.70. The summed E-state index contributed by atoms with van der Waals surface area (Å²) in [6.07, 6.45) is 5.51. The maximum atomic E-state index is 12.7. The van der Waals surface area contributed by atoms with E-state index in [9.17, 15) is 14.4 Å². The Kier molecular flexibility index (Phi) is 3.22. The lowest BCUT2D eigenvalue weighted by atomic mass is 9.62. The van der Waals surface area contributed by atoms with Crippen LogP contribution in [-0.4, -0.2) is 40.9 Å². The number of imide groups is 1. The highest BCUT2D eigenvalue weighted by Gasteiger charge is 2.51. The van der Waals surface area contributed by atoms with Crippen LogP contribution >= 0.6 is 0 Å². The van der Waals surface area contributed by atoms with E-state index in [1.54, 1.807) is 12.1 Å². The van der Waals surface area contributed by atoms with E-state index < -0.39 is 11.8 Å². The Labute approximate surface area is 151 Å². The van der Waals surface area contributed by atoms with Crippen LogP contribution < -0.4 is 16.4 Å². The Morgan fingerprint density at radius 1 is 1.15 bits per heavy atom. The largest absolute Gasteiger partial charge is 0.399 e. The van der Waals surface area contributed by atoms with Crippen LogP contribution in [0, 0.1) is 11.8 Å². The first kappa shape index (κ1) is 15.8. The molecule has 4 bridgehead atoms. The molecule has 3 amide bonds. The number of fused-ring (bicyclic) bond motifs is 1. The fourth-order valence-electron chi connectivity index (χ4n) is 5.63. The third kappa shape index (κ3) is 2.34. The summed E-state index contributed by atoms with van der Waals surface area (Å²) < 4.78 is 0. The quantitative estimate of drug-likeness (QED) is 0.552. The number of piperidine rings is 2. The molecule has 7 nitrogen and oxygen atoms in total. The van der Waals surface area contributed by atoms with Gasteiger partial charge in [0.25, 0.3) is 11.8 Å². The van der Waals surface area contributed by atoms with Crippen LogP contribution in [-0.2, 0) is 4.79 Å². The van der Waals surface area contributed by atoms with Crippen LogP contribution in [0.4, 0.5) is 5.69 Å². The zero-order chi connectivity index (χ0) is 18.1. The van der Waals surface area contributed by atoms with Gasteiger partial charge in [0.15, 0.2) is 0 Å². The van der Waals surface area contributed by atoms with Crippen LogP contribution in [0.2, 0.25) is 0 Å². The number of hydrogen-bond acceptors (Lipinski definition) is 5. The van der Waals surface area contributed by atoms with Crippen LogP contribution in [0.25, 0.3) is 0 Å². The van der Waals surface area contributed by atoms with Crippen molar-refractivity contribution in [1.82, 2.24) is 15.5 Å². The Morgan fingerprint density at radius 2 is 1.85 bits per heavy atom. The highest BCUT2D eigenvalue weighted by molar-refractivity contribution is 6.22. The second-order valence-corrected chi connectivity index (χ2v) is 8.32. The molecule has 0 aromatic heterocycles. The Balaban J connectivity index is 1.31. The van der Waals surface area contributed by atoms with Crippen LogP contribution in [0.3, 0.4) is 0 Å². The molecule has 2 saturated heterocycles. The molecule has 2 saturated carbocycles. The van der Waals surface area contributed by atoms with E-state index in [0.29, 0.717) is 29.1 Å². The lowest BCUT2D eigenvalue weighted by molar-refractivity contribution is -0.127. The van der Waals surface area contributed by atoms with Gasteiger partial charge < -0.3 is 11.1 Å². The summed E-state index contributed by atoms with van der Waals surface area (Å²) in [5.41, 5.74) is 6.35. The van der Waals surface area contributed by atoms with Gasteiger partial charge in [-0.25, -0.2) is 0 Å². The smallest absolute Gasteiger partial charge is 0.262 e. The number of anilines is 1. The second-order valence-electron chi connectivity index (χ2n) is 8.32. The van der Waals surface area contributed by atoms with Gasteiger partial charge in [0.2, 0.25) is 5.91 Å². The first-order chi connectivity index (χ1) is 12.4. The molecule has 6 rings (SSSR count). The zero-order valence-electron chi connectivity index (χ0n) is 14.5. The summed E-state index contributed by atoms with van der Waals surface area (Å²) in [6, 6.07) is 5.11. The molecule has 7 heteroatoms. The highest BCUT2D eigenvalue weighted by Crippen LogP contribution is 2.48. The minimum atomic E-state index is -0.453. The molecule has 0 spiro atoms. The molecule has 5 aliphatic rings. The summed E-state index contributed by atoms with van der Waals surface area (Å²) in [4.78, 5) is 38.7. The predicted octanol–water partition coefficient (Wildman–Crippen LogP) is 0.859. The van der Waals surface area contributed by atoms with Gasteiger partial charge in [-0.05, 0) is 62.1 Å². The van der Waals surface area contributed by atoms with Crippen molar-refractivity contribution < 1.29 is 14.4 Å². The van der Waals surface area contributed by atoms with Gasteiger partial charge >= 0.3 is 0 Å². The molecular formula is C19H22N4O3. The van der Waals surface area contributed by atoms with E-state index in [0.717, 1.165) is 17.7 Å². The van der Waals surface area contributed by atoms with Gasteiger partial charge in [-0.1, -0.05) is 0 Å². The third-order valence-corrected chi connectivity index (χ3v) is 6.33. The molecule has 2 aliphatic carbocycles. The molecule has 0 radical (unpaired) electrons. The number of carbonyl (C=O) groups excluding carboxylic acids is 3. The van der Waals surface area contributed by atoms with Crippen LogP contribution in [0.5, 0.6) is 0 Å². The van der Waals surface area contributed by atoms with Gasteiger partial charge in [-0.3, -0.25) is 24.6 Å². The minimum absolute atomic E-state index is 0.254. The van der Waals surface area contributed by atoms with E-state index in [1.807, 2.05) is 0 Å². The normalized spacial score (nSPS) is 34.3. The number of rotatable bonds is 3. The molecule has 0 unspecified atom stereocenters. The highest BCUT2D eigenvalue weighted by atomic mass is 16.2. The van der Waals surface area contributed by atoms with Crippen molar-refractivity contribution in [3.05, 3.63) is 29.3 Å². The van der Waals surface area contributed by atoms with Crippen LogP contribution in [0.1, 0.15) is 52.8 Å². The minimum Gasteiger partial charge on any atom is -0.399 e. The molecule has 4 atom stereocenters. The fourth-order valence-corrected chi connectivity index (χ4v) is 5.63. The van der Waals surface area contributed by atoms with Gasteiger partial charge in [0.1, 0.15) is 6.54 Å². The number of amides is 3. The molecule has 26 heavy (non-hydrogen) atoms. The topological polar surface area (TPSA) is 105 Å². The van der Waals surface area contributed by atoms with E-state index in [1.165, 1.54) is 25.3 Å². The third-order valence-electron chi connectivity index (χ3n) is 6.33. The summed E-state index contributed by atoms with van der Waals surface area (Å²) in [7, 11) is 0. The number of nitrogens with two attached hydrogens (primary N) is 1. The molecule has 1 aromatic rings. The van der Waals surface area contributed by atoms with Crippen molar-refractivity contribution in [2.24, 2.45) is 11.8 Å². The molecule has 3 aliphatic heterocycles. The maximum absolute atomic E-state index is 12.7. The van der Waals surface area contributed by atoms with E-state index in [2.05, 4.69) is 10.6 Å². The van der Waals surface area contributed by atoms with Crippen molar-refractivity contribution in [3.63, 3.8) is 0 Å². The standard InChI is InChI=1S/C19H22N4O3/c20-12-1-2-14-15(6-12)18(26)23(17(14)25)9-16(24)22-19-7-10-3-11(8-19)5-13(4-10)21-19/h1-2,6,10-11,13,21H,3-5,7-9,20H2,(H,22,24)/t10-,11+,13+,19-. The second kappa shape index (κ2) is 5.30. The predicted molar refractivity (Wildman–Crippen MR) is 94.1 cm³/mol. The average Bonchev–Trinajstić information content (AvgIpc) is 2.77. The first-order valence-corrected chi connectivity index (χ1v) is 9.27. The molecule has 4 N–H and O–H groups in total. The number of nitrogen functional groups attached to an aromatic ring is 1.